The van der Waals surface area contributed by atoms with Crippen LogP contribution in [0.25, 0.3) is 0 Å². The molecule has 0 spiro atoms. The number of carbonyl (C=O) groups excluding carboxylic acids is 1. The topological polar surface area (TPSA) is 46.3 Å². The third-order valence-corrected chi connectivity index (χ3v) is 3.48. The number of rotatable bonds is 6. The van der Waals surface area contributed by atoms with E-state index in [4.69, 9.17) is 5.73 Å². The minimum absolute atomic E-state index is 0.0807. The average Bonchev–Trinajstić information content (AvgIpc) is 2.32. The molecule has 1 rings (SSSR count). The summed E-state index contributed by atoms with van der Waals surface area (Å²) >= 11 is 0. The molecule has 0 radical (unpaired) electrons. The molecule has 0 heterocycles. The summed E-state index contributed by atoms with van der Waals surface area (Å²) in [4.78, 5) is 13.9. The van der Waals surface area contributed by atoms with Crippen LogP contribution in [0.3, 0.4) is 0 Å². The van der Waals surface area contributed by atoms with Crippen LogP contribution in [-0.4, -0.2) is 36.4 Å². The Morgan fingerprint density at radius 3 is 2.72 bits per heavy atom. The zero-order chi connectivity index (χ0) is 13.6. The molecule has 0 bridgehead atoms. The molecule has 1 saturated carbocycles. The maximum Gasteiger partial charge on any atom is 0.248 e. The SMILES string of the molecule is CCCCN(CCN)C(=O)C1CCCC(F)(F)C1. The van der Waals surface area contributed by atoms with E-state index < -0.39 is 11.8 Å². The van der Waals surface area contributed by atoms with Crippen LogP contribution in [0.1, 0.15) is 45.4 Å². The van der Waals surface area contributed by atoms with Crippen molar-refractivity contribution in [3.8, 4) is 0 Å². The number of unbranched alkanes of at least 4 members (excludes halogenated alkanes) is 1. The van der Waals surface area contributed by atoms with Gasteiger partial charge in [0.25, 0.3) is 0 Å². The quantitative estimate of drug-likeness (QED) is 0.799. The molecular weight excluding hydrogens is 238 g/mol. The van der Waals surface area contributed by atoms with E-state index in [1.54, 1.807) is 4.90 Å². The molecule has 3 nitrogen and oxygen atoms in total. The Bertz CT molecular complexity index is 272. The summed E-state index contributed by atoms with van der Waals surface area (Å²) in [7, 11) is 0. The second-order valence-corrected chi connectivity index (χ2v) is 5.12. The Balaban J connectivity index is 2.58. The fraction of sp³-hybridized carbons (Fsp3) is 0.923. The van der Waals surface area contributed by atoms with E-state index in [1.165, 1.54) is 0 Å². The Morgan fingerprint density at radius 1 is 1.44 bits per heavy atom. The molecule has 0 aromatic rings. The van der Waals surface area contributed by atoms with Gasteiger partial charge in [-0.1, -0.05) is 13.3 Å². The monoisotopic (exact) mass is 262 g/mol. The Kier molecular flexibility index (Phi) is 5.99. The Labute approximate surface area is 108 Å². The minimum atomic E-state index is -2.67. The van der Waals surface area contributed by atoms with Gasteiger partial charge in [-0.3, -0.25) is 4.79 Å². The molecule has 1 unspecified atom stereocenters. The van der Waals surface area contributed by atoms with Gasteiger partial charge in [0.1, 0.15) is 0 Å². The molecular formula is C13H24F2N2O. The van der Waals surface area contributed by atoms with Crippen molar-refractivity contribution < 1.29 is 13.6 Å². The molecule has 1 atom stereocenters. The number of hydrogen-bond donors (Lipinski definition) is 1. The van der Waals surface area contributed by atoms with Crippen LogP contribution in [0.2, 0.25) is 0 Å². The lowest BCUT2D eigenvalue weighted by Gasteiger charge is -2.32. The predicted octanol–water partition coefficient (Wildman–Crippen LogP) is 2.40. The highest BCUT2D eigenvalue weighted by Crippen LogP contribution is 2.37. The second-order valence-electron chi connectivity index (χ2n) is 5.12. The lowest BCUT2D eigenvalue weighted by Crippen LogP contribution is -2.43. The number of carbonyl (C=O) groups is 1. The van der Waals surface area contributed by atoms with E-state index in [-0.39, 0.29) is 18.7 Å². The molecule has 0 aliphatic heterocycles. The van der Waals surface area contributed by atoms with E-state index in [9.17, 15) is 13.6 Å². The fourth-order valence-corrected chi connectivity index (χ4v) is 2.48. The summed E-state index contributed by atoms with van der Waals surface area (Å²) in [5, 5.41) is 0. The van der Waals surface area contributed by atoms with Crippen molar-refractivity contribution in [2.75, 3.05) is 19.6 Å². The standard InChI is InChI=1S/C13H24F2N2O/c1-2-3-8-17(9-7-16)12(18)11-5-4-6-13(14,15)10-11/h11H,2-10,16H2,1H3. The Hall–Kier alpha value is -0.710. The normalized spacial score (nSPS) is 22.8. The minimum Gasteiger partial charge on any atom is -0.341 e. The van der Waals surface area contributed by atoms with Gasteiger partial charge in [0, 0.05) is 38.4 Å². The predicted molar refractivity (Wildman–Crippen MR) is 67.4 cm³/mol. The highest BCUT2D eigenvalue weighted by Gasteiger charge is 2.40. The van der Waals surface area contributed by atoms with Gasteiger partial charge in [0.15, 0.2) is 0 Å². The first-order chi connectivity index (χ1) is 8.50. The largest absolute Gasteiger partial charge is 0.341 e. The maximum absolute atomic E-state index is 13.3. The van der Waals surface area contributed by atoms with E-state index >= 15 is 0 Å². The van der Waals surface area contributed by atoms with E-state index in [0.29, 0.717) is 32.5 Å². The van der Waals surface area contributed by atoms with Gasteiger partial charge in [0.05, 0.1) is 0 Å². The number of nitrogens with zero attached hydrogens (tertiary/aromatic N) is 1. The molecule has 18 heavy (non-hydrogen) atoms. The second kappa shape index (κ2) is 7.02. The molecule has 2 N–H and O–H groups in total. The van der Waals surface area contributed by atoms with Crippen molar-refractivity contribution in [2.24, 2.45) is 11.7 Å². The zero-order valence-electron chi connectivity index (χ0n) is 11.1. The first-order valence-electron chi connectivity index (χ1n) is 6.87. The van der Waals surface area contributed by atoms with Crippen LogP contribution in [-0.2, 0) is 4.79 Å². The molecule has 0 aromatic heterocycles. The van der Waals surface area contributed by atoms with Gasteiger partial charge >= 0.3 is 0 Å². The van der Waals surface area contributed by atoms with Crippen LogP contribution in [0.4, 0.5) is 8.78 Å². The number of halogens is 2. The van der Waals surface area contributed by atoms with Gasteiger partial charge in [0.2, 0.25) is 11.8 Å². The van der Waals surface area contributed by atoms with Crippen LogP contribution < -0.4 is 5.73 Å². The molecule has 1 aliphatic rings. The van der Waals surface area contributed by atoms with Gasteiger partial charge in [-0.15, -0.1) is 0 Å². The lowest BCUT2D eigenvalue weighted by atomic mass is 9.85. The highest BCUT2D eigenvalue weighted by molar-refractivity contribution is 5.79. The smallest absolute Gasteiger partial charge is 0.248 e. The average molecular weight is 262 g/mol. The first kappa shape index (κ1) is 15.3. The number of hydrogen-bond acceptors (Lipinski definition) is 2. The zero-order valence-corrected chi connectivity index (χ0v) is 11.1. The summed E-state index contributed by atoms with van der Waals surface area (Å²) in [5.41, 5.74) is 5.48. The third-order valence-electron chi connectivity index (χ3n) is 3.48. The molecule has 5 heteroatoms. The summed E-state index contributed by atoms with van der Waals surface area (Å²) < 4.78 is 26.6. The van der Waals surface area contributed by atoms with Gasteiger partial charge in [-0.2, -0.15) is 0 Å². The van der Waals surface area contributed by atoms with Crippen molar-refractivity contribution in [1.82, 2.24) is 4.90 Å². The molecule has 1 fully saturated rings. The summed E-state index contributed by atoms with van der Waals surface area (Å²) in [6.45, 7) is 3.54. The van der Waals surface area contributed by atoms with E-state index in [0.717, 1.165) is 12.8 Å². The number of alkyl halides is 2. The lowest BCUT2D eigenvalue weighted by molar-refractivity contribution is -0.142. The van der Waals surface area contributed by atoms with Crippen molar-refractivity contribution >= 4 is 5.91 Å². The van der Waals surface area contributed by atoms with E-state index in [1.807, 2.05) is 6.92 Å². The molecule has 0 aromatic carbocycles. The summed E-state index contributed by atoms with van der Waals surface area (Å²) in [5.74, 6) is -3.32. The molecule has 106 valence electrons. The fourth-order valence-electron chi connectivity index (χ4n) is 2.48. The third kappa shape index (κ3) is 4.52. The number of amides is 1. The number of nitrogens with two attached hydrogens (primary N) is 1. The van der Waals surface area contributed by atoms with Gasteiger partial charge < -0.3 is 10.6 Å². The maximum atomic E-state index is 13.3. The van der Waals surface area contributed by atoms with Crippen molar-refractivity contribution in [3.05, 3.63) is 0 Å². The summed E-state index contributed by atoms with van der Waals surface area (Å²) in [6, 6.07) is 0. The van der Waals surface area contributed by atoms with Crippen LogP contribution in [0, 0.1) is 5.92 Å². The van der Waals surface area contributed by atoms with Crippen molar-refractivity contribution in [3.63, 3.8) is 0 Å². The summed E-state index contributed by atoms with van der Waals surface area (Å²) in [6.07, 6.45) is 2.53. The molecule has 0 saturated heterocycles. The van der Waals surface area contributed by atoms with Crippen LogP contribution in [0.15, 0.2) is 0 Å². The highest BCUT2D eigenvalue weighted by atomic mass is 19.3. The molecule has 1 aliphatic carbocycles. The Morgan fingerprint density at radius 2 is 2.17 bits per heavy atom. The van der Waals surface area contributed by atoms with Crippen LogP contribution in [0.5, 0.6) is 0 Å². The van der Waals surface area contributed by atoms with Gasteiger partial charge in [-0.05, 0) is 19.3 Å². The van der Waals surface area contributed by atoms with Crippen molar-refractivity contribution in [2.45, 2.75) is 51.4 Å². The van der Waals surface area contributed by atoms with E-state index in [2.05, 4.69) is 0 Å². The molecule has 1 amide bonds. The van der Waals surface area contributed by atoms with Crippen LogP contribution >= 0.6 is 0 Å². The first-order valence-corrected chi connectivity index (χ1v) is 6.87. The van der Waals surface area contributed by atoms with Gasteiger partial charge in [-0.25, -0.2) is 8.78 Å². The van der Waals surface area contributed by atoms with Crippen molar-refractivity contribution in [1.29, 1.82) is 0 Å².